The number of para-hydroxylation sites is 1. The molecule has 0 aliphatic heterocycles. The van der Waals surface area contributed by atoms with Crippen LogP contribution in [0, 0.1) is 17.0 Å². The first-order chi connectivity index (χ1) is 9.99. The van der Waals surface area contributed by atoms with Crippen LogP contribution in [0.1, 0.15) is 11.4 Å². The van der Waals surface area contributed by atoms with Gasteiger partial charge in [0.1, 0.15) is 12.3 Å². The molecule has 8 heteroatoms. The van der Waals surface area contributed by atoms with Crippen LogP contribution in [0.3, 0.4) is 0 Å². The molecule has 0 fully saturated rings. The van der Waals surface area contributed by atoms with Crippen LogP contribution in [0.15, 0.2) is 30.3 Å². The minimum atomic E-state index is -0.686. The highest BCUT2D eigenvalue weighted by Gasteiger charge is 2.24. The molecule has 8 nitrogen and oxygen atoms in total. The second kappa shape index (κ2) is 6.04. The van der Waals surface area contributed by atoms with Crippen molar-refractivity contribution in [3.63, 3.8) is 0 Å². The van der Waals surface area contributed by atoms with Crippen LogP contribution < -0.4 is 5.32 Å². The number of benzene rings is 1. The quantitative estimate of drug-likeness (QED) is 0.688. The van der Waals surface area contributed by atoms with E-state index in [9.17, 15) is 14.9 Å². The van der Waals surface area contributed by atoms with Crippen molar-refractivity contribution < 1.29 is 14.5 Å². The van der Waals surface area contributed by atoms with E-state index in [4.69, 9.17) is 4.74 Å². The van der Waals surface area contributed by atoms with E-state index < -0.39 is 11.0 Å². The average Bonchev–Trinajstić information content (AvgIpc) is 2.72. The minimum absolute atomic E-state index is 0.134. The summed E-state index contributed by atoms with van der Waals surface area (Å²) in [4.78, 5) is 22.1. The van der Waals surface area contributed by atoms with Crippen molar-refractivity contribution >= 4 is 17.5 Å². The van der Waals surface area contributed by atoms with Crippen molar-refractivity contribution in [3.8, 4) is 0 Å². The molecule has 0 aliphatic carbocycles. The van der Waals surface area contributed by atoms with E-state index in [1.54, 1.807) is 31.3 Å². The number of amides is 1. The van der Waals surface area contributed by atoms with Crippen LogP contribution in [-0.4, -0.2) is 20.8 Å². The average molecular weight is 290 g/mol. The third-order valence-electron chi connectivity index (χ3n) is 2.85. The summed E-state index contributed by atoms with van der Waals surface area (Å²) in [5.74, 6) is 0. The number of aryl methyl sites for hydroxylation is 2. The van der Waals surface area contributed by atoms with Crippen LogP contribution >= 0.6 is 0 Å². The van der Waals surface area contributed by atoms with Crippen LogP contribution in [0.2, 0.25) is 0 Å². The Balaban J connectivity index is 2.03. The third kappa shape index (κ3) is 3.35. The Morgan fingerprint density at radius 3 is 2.71 bits per heavy atom. The van der Waals surface area contributed by atoms with Crippen LogP contribution in [0.25, 0.3) is 0 Å². The number of nitro groups is 1. The standard InChI is InChI=1S/C13H14N4O4/c1-9-12(17(19)20)11(16(2)15-9)8-21-13(18)14-10-6-4-3-5-7-10/h3-7H,8H2,1-2H3,(H,14,18). The lowest BCUT2D eigenvalue weighted by atomic mass is 10.3. The summed E-state index contributed by atoms with van der Waals surface area (Å²) >= 11 is 0. The van der Waals surface area contributed by atoms with Crippen molar-refractivity contribution in [2.75, 3.05) is 5.32 Å². The van der Waals surface area contributed by atoms with E-state index in [1.165, 1.54) is 11.6 Å². The highest BCUT2D eigenvalue weighted by atomic mass is 16.6. The van der Waals surface area contributed by atoms with E-state index in [0.29, 0.717) is 5.69 Å². The maximum absolute atomic E-state index is 11.7. The number of aromatic nitrogens is 2. The van der Waals surface area contributed by atoms with Crippen molar-refractivity contribution in [1.29, 1.82) is 0 Å². The fourth-order valence-electron chi connectivity index (χ4n) is 1.90. The van der Waals surface area contributed by atoms with Gasteiger partial charge in [-0.1, -0.05) is 18.2 Å². The summed E-state index contributed by atoms with van der Waals surface area (Å²) < 4.78 is 6.34. The zero-order valence-electron chi connectivity index (χ0n) is 11.6. The second-order valence-electron chi connectivity index (χ2n) is 4.33. The van der Waals surface area contributed by atoms with Gasteiger partial charge in [0.25, 0.3) is 0 Å². The summed E-state index contributed by atoms with van der Waals surface area (Å²) in [5, 5.41) is 17.5. The Labute approximate surface area is 120 Å². The first-order valence-corrected chi connectivity index (χ1v) is 6.14. The van der Waals surface area contributed by atoms with Crippen molar-refractivity contribution in [1.82, 2.24) is 9.78 Å². The molecule has 0 bridgehead atoms. The second-order valence-corrected chi connectivity index (χ2v) is 4.33. The lowest BCUT2D eigenvalue weighted by Crippen LogP contribution is -2.15. The Hall–Kier alpha value is -2.90. The topological polar surface area (TPSA) is 99.3 Å². The summed E-state index contributed by atoms with van der Waals surface area (Å²) in [7, 11) is 1.56. The molecular formula is C13H14N4O4. The first-order valence-electron chi connectivity index (χ1n) is 6.14. The number of carbonyl (C=O) groups is 1. The Morgan fingerprint density at radius 1 is 1.43 bits per heavy atom. The maximum Gasteiger partial charge on any atom is 0.412 e. The fraction of sp³-hybridized carbons (Fsp3) is 0.231. The lowest BCUT2D eigenvalue weighted by Gasteiger charge is -2.06. The van der Waals surface area contributed by atoms with Gasteiger partial charge in [-0.05, 0) is 19.1 Å². The zero-order chi connectivity index (χ0) is 15.4. The number of anilines is 1. The van der Waals surface area contributed by atoms with Gasteiger partial charge in [-0.2, -0.15) is 5.10 Å². The van der Waals surface area contributed by atoms with Gasteiger partial charge in [0, 0.05) is 12.7 Å². The molecule has 1 aromatic heterocycles. The van der Waals surface area contributed by atoms with Gasteiger partial charge >= 0.3 is 11.8 Å². The van der Waals surface area contributed by atoms with Gasteiger partial charge in [0.2, 0.25) is 0 Å². The Bertz CT molecular complexity index is 666. The fourth-order valence-corrected chi connectivity index (χ4v) is 1.90. The van der Waals surface area contributed by atoms with Crippen LogP contribution in [0.4, 0.5) is 16.2 Å². The molecule has 0 saturated heterocycles. The zero-order valence-corrected chi connectivity index (χ0v) is 11.6. The maximum atomic E-state index is 11.7. The first kappa shape index (κ1) is 14.5. The molecule has 0 radical (unpaired) electrons. The highest BCUT2D eigenvalue weighted by Crippen LogP contribution is 2.23. The van der Waals surface area contributed by atoms with Gasteiger partial charge < -0.3 is 4.74 Å². The van der Waals surface area contributed by atoms with E-state index in [-0.39, 0.29) is 23.7 Å². The van der Waals surface area contributed by atoms with Crippen LogP contribution in [-0.2, 0) is 18.4 Å². The molecule has 2 rings (SSSR count). The molecule has 1 amide bonds. The smallest absolute Gasteiger partial charge is 0.412 e. The molecule has 0 saturated carbocycles. The molecule has 0 atom stereocenters. The largest absolute Gasteiger partial charge is 0.443 e. The van der Waals surface area contributed by atoms with Crippen molar-refractivity contribution in [2.45, 2.75) is 13.5 Å². The highest BCUT2D eigenvalue weighted by molar-refractivity contribution is 5.84. The summed E-state index contributed by atoms with van der Waals surface area (Å²) in [6.45, 7) is 1.30. The monoisotopic (exact) mass is 290 g/mol. The molecule has 0 spiro atoms. The Morgan fingerprint density at radius 2 is 2.10 bits per heavy atom. The molecule has 1 N–H and O–H groups in total. The molecule has 110 valence electrons. The van der Waals surface area contributed by atoms with Crippen LogP contribution in [0.5, 0.6) is 0 Å². The van der Waals surface area contributed by atoms with Gasteiger partial charge in [0.05, 0.1) is 4.92 Å². The van der Waals surface area contributed by atoms with Gasteiger partial charge in [-0.25, -0.2) is 4.79 Å². The molecule has 0 aliphatic rings. The molecule has 0 unspecified atom stereocenters. The van der Waals surface area contributed by atoms with Crippen molar-refractivity contribution in [2.24, 2.45) is 7.05 Å². The molecule has 1 heterocycles. The number of ether oxygens (including phenoxy) is 1. The number of nitrogens with one attached hydrogen (secondary N) is 1. The number of nitrogens with zero attached hydrogens (tertiary/aromatic N) is 3. The van der Waals surface area contributed by atoms with E-state index in [1.807, 2.05) is 6.07 Å². The number of hydrogen-bond donors (Lipinski definition) is 1. The molecule has 1 aromatic carbocycles. The number of carbonyl (C=O) groups excluding carboxylic acids is 1. The summed E-state index contributed by atoms with van der Waals surface area (Å²) in [5.41, 5.74) is 0.966. The van der Waals surface area contributed by atoms with Gasteiger partial charge in [0.15, 0.2) is 5.69 Å². The SMILES string of the molecule is Cc1nn(C)c(COC(=O)Nc2ccccc2)c1[N+](=O)[O-]. The molecule has 2 aromatic rings. The predicted molar refractivity (Wildman–Crippen MR) is 74.8 cm³/mol. The van der Waals surface area contributed by atoms with Gasteiger partial charge in [-0.15, -0.1) is 0 Å². The minimum Gasteiger partial charge on any atom is -0.443 e. The van der Waals surface area contributed by atoms with E-state index in [2.05, 4.69) is 10.4 Å². The van der Waals surface area contributed by atoms with E-state index >= 15 is 0 Å². The van der Waals surface area contributed by atoms with E-state index in [0.717, 1.165) is 0 Å². The van der Waals surface area contributed by atoms with Crippen molar-refractivity contribution in [3.05, 3.63) is 51.8 Å². The third-order valence-corrected chi connectivity index (χ3v) is 2.85. The Kier molecular flexibility index (Phi) is 4.17. The molecular weight excluding hydrogens is 276 g/mol. The molecule has 21 heavy (non-hydrogen) atoms. The number of hydrogen-bond acceptors (Lipinski definition) is 5. The number of rotatable bonds is 4. The lowest BCUT2D eigenvalue weighted by molar-refractivity contribution is -0.386. The van der Waals surface area contributed by atoms with Gasteiger partial charge in [-0.3, -0.25) is 20.1 Å². The predicted octanol–water partition coefficient (Wildman–Crippen LogP) is 2.39. The normalized spacial score (nSPS) is 10.2. The summed E-state index contributed by atoms with van der Waals surface area (Å²) in [6.07, 6.45) is -0.686. The summed E-state index contributed by atoms with van der Waals surface area (Å²) in [6, 6.07) is 8.77.